The fourth-order valence-corrected chi connectivity index (χ4v) is 5.15. The molecule has 0 N–H and O–H groups in total. The second-order valence-electron chi connectivity index (χ2n) is 7.09. The number of hydrogen-bond acceptors (Lipinski definition) is 3. The number of nitrogens with zero attached hydrogens (tertiary/aromatic N) is 1. The van der Waals surface area contributed by atoms with Crippen LogP contribution in [-0.2, 0) is 16.2 Å². The Morgan fingerprint density at radius 2 is 1.70 bits per heavy atom. The highest BCUT2D eigenvalue weighted by molar-refractivity contribution is 7.92. The number of hydrogen-bond donors (Lipinski definition) is 0. The van der Waals surface area contributed by atoms with Crippen LogP contribution in [0.25, 0.3) is 0 Å². The second-order valence-corrected chi connectivity index (χ2v) is 9.36. The molecular weight excluding hydrogens is 482 g/mol. The summed E-state index contributed by atoms with van der Waals surface area (Å²) in [4.78, 5) is -0.489. The van der Waals surface area contributed by atoms with Crippen molar-refractivity contribution in [1.29, 1.82) is 0 Å². The molecule has 0 radical (unpaired) electrons. The molecule has 1 unspecified atom stereocenters. The summed E-state index contributed by atoms with van der Waals surface area (Å²) in [6.07, 6.45) is -5.47. The zero-order valence-electron chi connectivity index (χ0n) is 17.6. The van der Waals surface area contributed by atoms with Crippen molar-refractivity contribution in [2.45, 2.75) is 31.0 Å². The van der Waals surface area contributed by atoms with E-state index in [0.717, 1.165) is 22.5 Å². The minimum Gasteiger partial charge on any atom is -0.486 e. The maximum atomic E-state index is 14.2. The highest BCUT2D eigenvalue weighted by atomic mass is 35.5. The minimum atomic E-state index is -4.68. The molecule has 1 atom stereocenters. The molecule has 0 heterocycles. The maximum Gasteiger partial charge on any atom is 0.416 e. The summed E-state index contributed by atoms with van der Waals surface area (Å²) in [6.45, 7) is 3.10. The summed E-state index contributed by atoms with van der Waals surface area (Å²) >= 11 is 6.08. The Morgan fingerprint density at radius 1 is 1.03 bits per heavy atom. The van der Waals surface area contributed by atoms with Gasteiger partial charge >= 0.3 is 6.18 Å². The van der Waals surface area contributed by atoms with Crippen LogP contribution >= 0.6 is 11.6 Å². The Kier molecular flexibility index (Phi) is 7.23. The molecule has 0 aliphatic carbocycles. The van der Waals surface area contributed by atoms with E-state index in [1.54, 1.807) is 19.9 Å². The van der Waals surface area contributed by atoms with E-state index in [4.69, 9.17) is 16.3 Å². The second kappa shape index (κ2) is 9.61. The molecule has 3 aromatic carbocycles. The summed E-state index contributed by atoms with van der Waals surface area (Å²) in [5.74, 6) is -0.314. The van der Waals surface area contributed by atoms with Gasteiger partial charge < -0.3 is 4.74 Å². The van der Waals surface area contributed by atoms with Crippen molar-refractivity contribution in [3.8, 4) is 5.75 Å². The summed E-state index contributed by atoms with van der Waals surface area (Å²) in [6, 6.07) is 13.8. The summed E-state index contributed by atoms with van der Waals surface area (Å²) in [5.41, 5.74) is -0.736. The molecule has 0 aliphatic heterocycles. The Labute approximate surface area is 194 Å². The Hall–Kier alpha value is -2.78. The van der Waals surface area contributed by atoms with E-state index < -0.39 is 38.6 Å². The van der Waals surface area contributed by atoms with Crippen LogP contribution in [0.4, 0.5) is 23.2 Å². The van der Waals surface area contributed by atoms with Gasteiger partial charge in [0, 0.05) is 18.2 Å². The van der Waals surface area contributed by atoms with E-state index in [1.807, 2.05) is 0 Å². The fraction of sp³-hybridized carbons (Fsp3) is 0.217. The molecule has 0 fully saturated rings. The number of anilines is 1. The van der Waals surface area contributed by atoms with Gasteiger partial charge in [0.05, 0.1) is 21.2 Å². The molecule has 3 aromatic rings. The molecule has 0 saturated heterocycles. The fourth-order valence-electron chi connectivity index (χ4n) is 3.33. The third kappa shape index (κ3) is 5.42. The van der Waals surface area contributed by atoms with E-state index in [2.05, 4.69) is 0 Å². The molecule has 0 amide bonds. The molecule has 10 heteroatoms. The molecular formula is C23H20ClF4NO3S. The topological polar surface area (TPSA) is 46.6 Å². The maximum absolute atomic E-state index is 14.2. The van der Waals surface area contributed by atoms with Gasteiger partial charge in [-0.2, -0.15) is 13.2 Å². The Morgan fingerprint density at radius 3 is 2.33 bits per heavy atom. The van der Waals surface area contributed by atoms with Gasteiger partial charge in [0.25, 0.3) is 10.0 Å². The van der Waals surface area contributed by atoms with Gasteiger partial charge in [0.2, 0.25) is 0 Å². The van der Waals surface area contributed by atoms with Crippen LogP contribution in [0.3, 0.4) is 0 Å². The molecule has 0 aromatic heterocycles. The van der Waals surface area contributed by atoms with Gasteiger partial charge in [0.15, 0.2) is 0 Å². The van der Waals surface area contributed by atoms with E-state index >= 15 is 0 Å². The number of ether oxygens (including phenoxy) is 1. The normalized spacial score (nSPS) is 12.9. The van der Waals surface area contributed by atoms with E-state index in [9.17, 15) is 26.0 Å². The number of halogens is 5. The molecule has 176 valence electrons. The molecule has 0 spiro atoms. The van der Waals surface area contributed by atoms with Crippen molar-refractivity contribution in [2.24, 2.45) is 0 Å². The lowest BCUT2D eigenvalue weighted by atomic mass is 10.1. The lowest BCUT2D eigenvalue weighted by Crippen LogP contribution is -2.31. The van der Waals surface area contributed by atoms with Gasteiger partial charge in [-0.15, -0.1) is 0 Å². The molecule has 4 nitrogen and oxygen atoms in total. The first-order chi connectivity index (χ1) is 15.4. The van der Waals surface area contributed by atoms with Gasteiger partial charge in [-0.1, -0.05) is 29.8 Å². The van der Waals surface area contributed by atoms with Crippen molar-refractivity contribution in [3.05, 3.63) is 88.7 Å². The predicted octanol–water partition coefficient (Wildman–Crippen LogP) is 6.85. The van der Waals surface area contributed by atoms with Gasteiger partial charge in [-0.25, -0.2) is 12.8 Å². The largest absolute Gasteiger partial charge is 0.486 e. The van der Waals surface area contributed by atoms with E-state index in [0.29, 0.717) is 6.07 Å². The first-order valence-corrected chi connectivity index (χ1v) is 11.7. The Bertz CT molecular complexity index is 1230. The van der Waals surface area contributed by atoms with Crippen LogP contribution in [0, 0.1) is 5.82 Å². The lowest BCUT2D eigenvalue weighted by molar-refractivity contribution is -0.137. The van der Waals surface area contributed by atoms with Crippen molar-refractivity contribution in [2.75, 3.05) is 10.8 Å². The third-order valence-electron chi connectivity index (χ3n) is 4.86. The van der Waals surface area contributed by atoms with Crippen molar-refractivity contribution >= 4 is 27.3 Å². The highest BCUT2D eigenvalue weighted by Gasteiger charge is 2.33. The van der Waals surface area contributed by atoms with Crippen molar-refractivity contribution in [3.63, 3.8) is 0 Å². The standard InChI is InChI=1S/C23H20ClF4NO3S/c1-3-29(33(30,31)19-10-4-7-16(13-19)23(26,27)28)17-8-5-9-18(14-17)32-15(2)22-20(24)11-6-12-21(22)25/h4-15H,3H2,1-2H3. The smallest absolute Gasteiger partial charge is 0.416 e. The van der Waals surface area contributed by atoms with Crippen molar-refractivity contribution in [1.82, 2.24) is 0 Å². The summed E-state index contributed by atoms with van der Waals surface area (Å²) in [7, 11) is -4.30. The van der Waals surface area contributed by atoms with Crippen LogP contribution in [0.2, 0.25) is 5.02 Å². The number of rotatable bonds is 7. The predicted molar refractivity (Wildman–Crippen MR) is 119 cm³/mol. The lowest BCUT2D eigenvalue weighted by Gasteiger charge is -2.24. The molecule has 0 aliphatic rings. The minimum absolute atomic E-state index is 0.0449. The van der Waals surface area contributed by atoms with Crippen LogP contribution in [0.1, 0.15) is 31.1 Å². The van der Waals surface area contributed by atoms with E-state index in [-0.39, 0.29) is 28.6 Å². The molecule has 0 saturated carbocycles. The molecule has 0 bridgehead atoms. The van der Waals surface area contributed by atoms with E-state index in [1.165, 1.54) is 36.4 Å². The average molecular weight is 502 g/mol. The van der Waals surface area contributed by atoms with Crippen LogP contribution < -0.4 is 9.04 Å². The van der Waals surface area contributed by atoms with Crippen LogP contribution in [0.15, 0.2) is 71.6 Å². The third-order valence-corrected chi connectivity index (χ3v) is 7.09. The quantitative estimate of drug-likeness (QED) is 0.332. The van der Waals surface area contributed by atoms with Crippen LogP contribution in [0.5, 0.6) is 5.75 Å². The highest BCUT2D eigenvalue weighted by Crippen LogP contribution is 2.34. The SMILES string of the molecule is CCN(c1cccc(OC(C)c2c(F)cccc2Cl)c1)S(=O)(=O)c1cccc(C(F)(F)F)c1. The monoisotopic (exact) mass is 501 g/mol. The zero-order chi connectivity index (χ0) is 24.4. The summed E-state index contributed by atoms with van der Waals surface area (Å²) < 4.78 is 86.4. The first-order valence-electron chi connectivity index (χ1n) is 9.85. The van der Waals surface area contributed by atoms with Gasteiger partial charge in [-0.05, 0) is 56.3 Å². The van der Waals surface area contributed by atoms with Crippen molar-refractivity contribution < 1.29 is 30.7 Å². The number of alkyl halides is 3. The van der Waals surface area contributed by atoms with Gasteiger partial charge in [0.1, 0.15) is 17.7 Å². The number of sulfonamides is 1. The zero-order valence-corrected chi connectivity index (χ0v) is 19.2. The Balaban J connectivity index is 1.93. The average Bonchev–Trinajstić information content (AvgIpc) is 2.74. The van der Waals surface area contributed by atoms with Gasteiger partial charge in [-0.3, -0.25) is 4.31 Å². The molecule has 33 heavy (non-hydrogen) atoms. The molecule has 3 rings (SSSR count). The number of benzene rings is 3. The first kappa shape index (κ1) is 24.9. The summed E-state index contributed by atoms with van der Waals surface area (Å²) in [5, 5.41) is 0.181. The van der Waals surface area contributed by atoms with Crippen LogP contribution in [-0.4, -0.2) is 15.0 Å².